The molecule has 0 fully saturated rings. The Hall–Kier alpha value is -3.19. The fraction of sp³-hybridized carbons (Fsp3) is 0.423. The summed E-state index contributed by atoms with van der Waals surface area (Å²) in [6.45, 7) is 9.51. The van der Waals surface area contributed by atoms with Crippen molar-refractivity contribution in [3.63, 3.8) is 0 Å². The number of nitrogens with one attached hydrogen (secondary N) is 3. The molecule has 7 heteroatoms. The van der Waals surface area contributed by atoms with Gasteiger partial charge in [0.25, 0.3) is 0 Å². The van der Waals surface area contributed by atoms with Gasteiger partial charge in [0.15, 0.2) is 0 Å². The molecule has 0 bridgehead atoms. The largest absolute Gasteiger partial charge is 0.349 e. The molecule has 0 saturated heterocycles. The maximum Gasteiger partial charge on any atom is 0.247 e. The zero-order chi connectivity index (χ0) is 24.6. The van der Waals surface area contributed by atoms with E-state index < -0.39 is 29.3 Å². The number of benzene rings is 2. The Morgan fingerprint density at radius 1 is 0.909 bits per heavy atom. The van der Waals surface area contributed by atoms with Crippen LogP contribution in [-0.4, -0.2) is 28.5 Å². The minimum absolute atomic E-state index is 0.149. The fourth-order valence-electron chi connectivity index (χ4n) is 3.65. The van der Waals surface area contributed by atoms with Crippen LogP contribution in [0.4, 0.5) is 0 Å². The average Bonchev–Trinajstić information content (AvgIpc) is 2.75. The lowest BCUT2D eigenvalue weighted by atomic mass is 9.92. The van der Waals surface area contributed by atoms with Crippen molar-refractivity contribution in [2.75, 3.05) is 0 Å². The van der Waals surface area contributed by atoms with Gasteiger partial charge >= 0.3 is 0 Å². The van der Waals surface area contributed by atoms with Crippen LogP contribution in [0, 0.1) is 11.8 Å². The van der Waals surface area contributed by atoms with Gasteiger partial charge in [0, 0.05) is 17.9 Å². The normalized spacial score (nSPS) is 13.2. The van der Waals surface area contributed by atoms with E-state index in [4.69, 9.17) is 5.21 Å². The van der Waals surface area contributed by atoms with Gasteiger partial charge in [0.2, 0.25) is 17.7 Å². The number of hydrogen-bond donors (Lipinski definition) is 4. The first-order chi connectivity index (χ1) is 15.5. The van der Waals surface area contributed by atoms with Crippen LogP contribution in [0.1, 0.15) is 59.1 Å². The van der Waals surface area contributed by atoms with Crippen molar-refractivity contribution in [2.45, 2.75) is 59.0 Å². The molecule has 178 valence electrons. The highest BCUT2D eigenvalue weighted by molar-refractivity contribution is 5.91. The number of hydroxylamine groups is 1. The van der Waals surface area contributed by atoms with E-state index >= 15 is 0 Å². The van der Waals surface area contributed by atoms with Crippen LogP contribution in [0.5, 0.6) is 0 Å². The topological polar surface area (TPSA) is 108 Å². The van der Waals surface area contributed by atoms with Crippen molar-refractivity contribution in [3.05, 3.63) is 60.2 Å². The molecule has 2 rings (SSSR count). The zero-order valence-electron chi connectivity index (χ0n) is 20.0. The maximum absolute atomic E-state index is 13.2. The van der Waals surface area contributed by atoms with E-state index in [1.54, 1.807) is 11.5 Å². The third kappa shape index (κ3) is 8.35. The lowest BCUT2D eigenvalue weighted by molar-refractivity contribution is -0.136. The summed E-state index contributed by atoms with van der Waals surface area (Å²) < 4.78 is 0. The molecular weight excluding hydrogens is 418 g/mol. The molecule has 0 unspecified atom stereocenters. The van der Waals surface area contributed by atoms with Crippen molar-refractivity contribution in [1.82, 2.24) is 16.1 Å². The smallest absolute Gasteiger partial charge is 0.247 e. The Balaban J connectivity index is 2.39. The quantitative estimate of drug-likeness (QED) is 0.340. The molecule has 3 amide bonds. The van der Waals surface area contributed by atoms with Crippen LogP contribution in [0.2, 0.25) is 0 Å². The third-order valence-corrected chi connectivity index (χ3v) is 5.06. The van der Waals surface area contributed by atoms with Gasteiger partial charge in [-0.25, -0.2) is 5.48 Å². The summed E-state index contributed by atoms with van der Waals surface area (Å²) in [6.07, 6.45) is 0.273. The predicted octanol–water partition coefficient (Wildman–Crippen LogP) is 3.98. The number of rotatable bonds is 9. The predicted molar refractivity (Wildman–Crippen MR) is 128 cm³/mol. The SMILES string of the molecule is CC(C)C[C@H](CC(=O)NO)C(=O)N[C@H](C(=O)NC(C)(C)C)c1cccc(-c2ccccc2)c1. The van der Waals surface area contributed by atoms with E-state index in [1.165, 1.54) is 0 Å². The minimum atomic E-state index is -0.938. The van der Waals surface area contributed by atoms with Gasteiger partial charge in [-0.1, -0.05) is 62.4 Å². The van der Waals surface area contributed by atoms with Crippen molar-refractivity contribution >= 4 is 17.7 Å². The molecule has 2 atom stereocenters. The van der Waals surface area contributed by atoms with E-state index in [-0.39, 0.29) is 18.2 Å². The summed E-state index contributed by atoms with van der Waals surface area (Å²) in [5.41, 5.74) is 3.66. The Morgan fingerprint density at radius 2 is 1.55 bits per heavy atom. The Morgan fingerprint density at radius 3 is 2.12 bits per heavy atom. The van der Waals surface area contributed by atoms with Crippen LogP contribution in [0.15, 0.2) is 54.6 Å². The molecule has 2 aromatic carbocycles. The van der Waals surface area contributed by atoms with Gasteiger partial charge in [-0.3, -0.25) is 19.6 Å². The molecule has 0 radical (unpaired) electrons. The second-order valence-corrected chi connectivity index (χ2v) is 9.74. The number of amides is 3. The summed E-state index contributed by atoms with van der Waals surface area (Å²) in [5, 5.41) is 14.7. The van der Waals surface area contributed by atoms with Crippen molar-refractivity contribution in [3.8, 4) is 11.1 Å². The first kappa shape index (κ1) is 26.1. The molecule has 0 saturated carbocycles. The highest BCUT2D eigenvalue weighted by Crippen LogP contribution is 2.25. The van der Waals surface area contributed by atoms with Crippen LogP contribution >= 0.6 is 0 Å². The first-order valence-electron chi connectivity index (χ1n) is 11.2. The molecule has 4 N–H and O–H groups in total. The van der Waals surface area contributed by atoms with Crippen LogP contribution in [-0.2, 0) is 14.4 Å². The molecule has 33 heavy (non-hydrogen) atoms. The molecule has 7 nitrogen and oxygen atoms in total. The van der Waals surface area contributed by atoms with Gasteiger partial charge < -0.3 is 10.6 Å². The minimum Gasteiger partial charge on any atom is -0.349 e. The Kier molecular flexibility index (Phi) is 9.17. The van der Waals surface area contributed by atoms with E-state index in [1.807, 2.05) is 83.1 Å². The monoisotopic (exact) mass is 453 g/mol. The Labute approximate surface area is 195 Å². The van der Waals surface area contributed by atoms with Crippen molar-refractivity contribution in [1.29, 1.82) is 0 Å². The lowest BCUT2D eigenvalue weighted by Gasteiger charge is -2.27. The molecule has 0 spiro atoms. The first-order valence-corrected chi connectivity index (χ1v) is 11.2. The highest BCUT2D eigenvalue weighted by Gasteiger charge is 2.30. The van der Waals surface area contributed by atoms with Gasteiger partial charge in [0.05, 0.1) is 0 Å². The molecule has 0 aliphatic heterocycles. The average molecular weight is 454 g/mol. The third-order valence-electron chi connectivity index (χ3n) is 5.06. The Bertz CT molecular complexity index is 952. The summed E-state index contributed by atoms with van der Waals surface area (Å²) in [6, 6.07) is 16.3. The van der Waals surface area contributed by atoms with Gasteiger partial charge in [-0.15, -0.1) is 0 Å². The van der Waals surface area contributed by atoms with Crippen LogP contribution < -0.4 is 16.1 Å². The van der Waals surface area contributed by atoms with E-state index in [0.717, 1.165) is 11.1 Å². The summed E-state index contributed by atoms with van der Waals surface area (Å²) >= 11 is 0. The molecular formula is C26H35N3O4. The molecule has 2 aromatic rings. The fourth-order valence-corrected chi connectivity index (χ4v) is 3.65. The summed E-state index contributed by atoms with van der Waals surface area (Å²) in [4.78, 5) is 38.2. The molecule has 0 aliphatic rings. The summed E-state index contributed by atoms with van der Waals surface area (Å²) in [5.74, 6) is -1.92. The highest BCUT2D eigenvalue weighted by atomic mass is 16.5. The second-order valence-electron chi connectivity index (χ2n) is 9.74. The molecule has 0 aromatic heterocycles. The van der Waals surface area contributed by atoms with Gasteiger partial charge in [-0.05, 0) is 55.9 Å². The summed E-state index contributed by atoms with van der Waals surface area (Å²) in [7, 11) is 0. The van der Waals surface area contributed by atoms with Crippen LogP contribution in [0.25, 0.3) is 11.1 Å². The standard InChI is InChI=1S/C26H35N3O4/c1-17(2)14-21(16-22(30)29-33)24(31)27-23(25(32)28-26(3,4)5)20-13-9-12-19(15-20)18-10-7-6-8-11-18/h6-13,15,17,21,23,33H,14,16H2,1-5H3,(H,27,31)(H,28,32)(H,29,30)/t21-,23+/m1/s1. The second kappa shape index (κ2) is 11.6. The van der Waals surface area contributed by atoms with E-state index in [0.29, 0.717) is 12.0 Å². The zero-order valence-corrected chi connectivity index (χ0v) is 20.0. The van der Waals surface area contributed by atoms with Gasteiger partial charge in [-0.2, -0.15) is 0 Å². The molecule has 0 heterocycles. The number of carbonyl (C=O) groups is 3. The van der Waals surface area contributed by atoms with Gasteiger partial charge in [0.1, 0.15) is 6.04 Å². The van der Waals surface area contributed by atoms with Crippen molar-refractivity contribution in [2.24, 2.45) is 11.8 Å². The van der Waals surface area contributed by atoms with Crippen molar-refractivity contribution < 1.29 is 19.6 Å². The van der Waals surface area contributed by atoms with E-state index in [2.05, 4.69) is 10.6 Å². The van der Waals surface area contributed by atoms with E-state index in [9.17, 15) is 14.4 Å². The number of carbonyl (C=O) groups excluding carboxylic acids is 3. The maximum atomic E-state index is 13.2. The number of hydrogen-bond acceptors (Lipinski definition) is 4. The molecule has 0 aliphatic carbocycles. The van der Waals surface area contributed by atoms with Crippen LogP contribution in [0.3, 0.4) is 0 Å². The lowest BCUT2D eigenvalue weighted by Crippen LogP contribution is -2.49.